The maximum absolute atomic E-state index is 13.4. The van der Waals surface area contributed by atoms with E-state index in [2.05, 4.69) is 10.4 Å². The number of anilines is 1. The smallest absolute Gasteiger partial charge is 0.340 e. The zero-order chi connectivity index (χ0) is 30.4. The zero-order valence-corrected chi connectivity index (χ0v) is 25.1. The third-order valence-corrected chi connectivity index (χ3v) is 6.77. The Balaban J connectivity index is 1.54. The fourth-order valence-electron chi connectivity index (χ4n) is 5.04. The minimum absolute atomic E-state index is 0.143. The highest BCUT2D eigenvalue weighted by Gasteiger charge is 2.22. The second-order valence-electron chi connectivity index (χ2n) is 12.5. The minimum Gasteiger partial charge on any atom is -0.456 e. The lowest BCUT2D eigenvalue weighted by molar-refractivity contribution is 0.00704. The number of fused-ring (bicyclic) bond motifs is 2. The Morgan fingerprint density at radius 3 is 2.52 bits per heavy atom. The van der Waals surface area contributed by atoms with Crippen molar-refractivity contribution < 1.29 is 19.1 Å². The summed E-state index contributed by atoms with van der Waals surface area (Å²) in [6, 6.07) is 17.9. The number of ether oxygens (including phenoxy) is 1. The Bertz CT molecular complexity index is 1850. The van der Waals surface area contributed by atoms with Crippen molar-refractivity contribution in [2.45, 2.75) is 72.3 Å². The highest BCUT2D eigenvalue weighted by molar-refractivity contribution is 5.96. The van der Waals surface area contributed by atoms with E-state index in [9.17, 15) is 14.7 Å². The van der Waals surface area contributed by atoms with Crippen LogP contribution in [0.3, 0.4) is 0 Å². The molecule has 3 aromatic carbocycles. The number of carbonyl (C=O) groups is 1. The number of aromatic nitrogens is 2. The molecule has 0 amide bonds. The first-order valence-electron chi connectivity index (χ1n) is 14.0. The van der Waals surface area contributed by atoms with Crippen molar-refractivity contribution in [2.24, 2.45) is 0 Å². The van der Waals surface area contributed by atoms with Gasteiger partial charge in [-0.05, 0) is 90.4 Å². The van der Waals surface area contributed by atoms with Crippen LogP contribution in [0, 0.1) is 6.92 Å². The Morgan fingerprint density at radius 1 is 1.07 bits per heavy atom. The van der Waals surface area contributed by atoms with Crippen LogP contribution in [0.1, 0.15) is 69.1 Å². The molecular weight excluding hydrogens is 530 g/mol. The van der Waals surface area contributed by atoms with Gasteiger partial charge in [-0.25, -0.2) is 4.79 Å². The topological polar surface area (TPSA) is 107 Å². The van der Waals surface area contributed by atoms with Gasteiger partial charge in [0.25, 0.3) is 0 Å². The van der Waals surface area contributed by atoms with E-state index in [1.54, 1.807) is 30.7 Å². The summed E-state index contributed by atoms with van der Waals surface area (Å²) in [5.74, 6) is 0.0260. The van der Waals surface area contributed by atoms with Gasteiger partial charge in [-0.2, -0.15) is 5.10 Å². The molecule has 0 spiro atoms. The maximum Gasteiger partial charge on any atom is 0.340 e. The summed E-state index contributed by atoms with van der Waals surface area (Å²) in [6.07, 6.45) is 1.87. The number of para-hydroxylation sites is 1. The lowest BCUT2D eigenvalue weighted by atomic mass is 10.00. The van der Waals surface area contributed by atoms with E-state index >= 15 is 0 Å². The van der Waals surface area contributed by atoms with Crippen molar-refractivity contribution in [1.82, 2.24) is 9.78 Å². The van der Waals surface area contributed by atoms with Crippen LogP contribution in [0.5, 0.6) is 0 Å². The van der Waals surface area contributed by atoms with Gasteiger partial charge in [0.05, 0.1) is 34.7 Å². The molecule has 8 heteroatoms. The summed E-state index contributed by atoms with van der Waals surface area (Å²) in [6.45, 7) is 13.2. The average molecular weight is 568 g/mol. The SMILES string of the molecule is Cc1cc(C(C)Nc2ccccc2C(=O)OC(C)(C)C)c2oc(-c3ccc4nn(CC(C)(C)O)cc4c3)cc(=O)c2c1. The number of hydrogen-bond donors (Lipinski definition) is 2. The summed E-state index contributed by atoms with van der Waals surface area (Å²) < 4.78 is 13.8. The molecule has 0 radical (unpaired) electrons. The van der Waals surface area contributed by atoms with Crippen LogP contribution in [0.2, 0.25) is 0 Å². The Kier molecular flexibility index (Phi) is 7.45. The number of aryl methyl sites for hydroxylation is 1. The van der Waals surface area contributed by atoms with Crippen molar-refractivity contribution in [3.8, 4) is 11.3 Å². The van der Waals surface area contributed by atoms with E-state index < -0.39 is 17.2 Å². The van der Waals surface area contributed by atoms with Crippen molar-refractivity contribution in [2.75, 3.05) is 5.32 Å². The van der Waals surface area contributed by atoms with Crippen LogP contribution in [0.15, 0.2) is 76.1 Å². The number of nitrogens with zero attached hydrogens (tertiary/aromatic N) is 2. The van der Waals surface area contributed by atoms with E-state index in [1.165, 1.54) is 6.07 Å². The summed E-state index contributed by atoms with van der Waals surface area (Å²) in [7, 11) is 0. The molecule has 0 fully saturated rings. The number of rotatable bonds is 7. The number of nitrogens with one attached hydrogen (secondary N) is 1. The standard InChI is InChI=1S/C34H37N3O5/c1-20-14-25(21(2)35-28-11-9-8-10-24(28)32(39)42-33(3,4)5)31-26(15-20)29(38)17-30(41-31)22-12-13-27-23(16-22)18-37(36-27)19-34(6,7)40/h8-18,21,35,40H,19H2,1-7H3. The van der Waals surface area contributed by atoms with Crippen LogP contribution in [0.4, 0.5) is 5.69 Å². The van der Waals surface area contributed by atoms with E-state index in [1.807, 2.05) is 83.3 Å². The molecular formula is C34H37N3O5. The lowest BCUT2D eigenvalue weighted by Gasteiger charge is -2.22. The predicted octanol–water partition coefficient (Wildman–Crippen LogP) is 7.02. The monoisotopic (exact) mass is 567 g/mol. The molecule has 0 saturated carbocycles. The second kappa shape index (κ2) is 10.8. The minimum atomic E-state index is -0.900. The fraction of sp³-hybridized carbons (Fsp3) is 0.324. The first-order chi connectivity index (χ1) is 19.7. The Morgan fingerprint density at radius 2 is 1.81 bits per heavy atom. The van der Waals surface area contributed by atoms with Gasteiger partial charge in [0.2, 0.25) is 0 Å². The normalized spacial score (nSPS) is 13.0. The molecule has 0 aliphatic heterocycles. The number of carbonyl (C=O) groups excluding carboxylic acids is 1. The van der Waals surface area contributed by atoms with Crippen LogP contribution in [-0.2, 0) is 11.3 Å². The van der Waals surface area contributed by atoms with Gasteiger partial charge in [0.1, 0.15) is 16.9 Å². The van der Waals surface area contributed by atoms with Crippen LogP contribution >= 0.6 is 0 Å². The number of benzene rings is 3. The first kappa shape index (κ1) is 29.1. The first-order valence-corrected chi connectivity index (χ1v) is 14.0. The van der Waals surface area contributed by atoms with E-state index in [4.69, 9.17) is 9.15 Å². The van der Waals surface area contributed by atoms with E-state index in [-0.39, 0.29) is 11.5 Å². The molecule has 1 unspecified atom stereocenters. The Labute approximate surface area is 244 Å². The highest BCUT2D eigenvalue weighted by atomic mass is 16.6. The predicted molar refractivity (Wildman–Crippen MR) is 166 cm³/mol. The zero-order valence-electron chi connectivity index (χ0n) is 25.1. The van der Waals surface area contributed by atoms with Crippen molar-refractivity contribution in [3.05, 3.63) is 93.8 Å². The van der Waals surface area contributed by atoms with Gasteiger partial charge in [-0.15, -0.1) is 0 Å². The maximum atomic E-state index is 13.4. The Hall–Kier alpha value is -4.43. The molecule has 0 bridgehead atoms. The van der Waals surface area contributed by atoms with Crippen LogP contribution in [-0.4, -0.2) is 32.1 Å². The molecule has 0 saturated heterocycles. The molecule has 5 rings (SSSR count). The molecule has 5 aromatic rings. The van der Waals surface area contributed by atoms with Gasteiger partial charge < -0.3 is 19.6 Å². The van der Waals surface area contributed by atoms with Gasteiger partial charge in [0, 0.05) is 34.5 Å². The fourth-order valence-corrected chi connectivity index (χ4v) is 5.04. The summed E-state index contributed by atoms with van der Waals surface area (Å²) >= 11 is 0. The van der Waals surface area contributed by atoms with Gasteiger partial charge in [0.15, 0.2) is 5.43 Å². The summed E-state index contributed by atoms with van der Waals surface area (Å²) in [5.41, 5.74) is 3.11. The molecule has 42 heavy (non-hydrogen) atoms. The molecule has 0 aliphatic carbocycles. The van der Waals surface area contributed by atoms with Crippen LogP contribution in [0.25, 0.3) is 33.2 Å². The third-order valence-electron chi connectivity index (χ3n) is 6.77. The van der Waals surface area contributed by atoms with E-state index in [0.29, 0.717) is 34.5 Å². The lowest BCUT2D eigenvalue weighted by Crippen LogP contribution is -2.26. The number of esters is 1. The molecule has 218 valence electrons. The van der Waals surface area contributed by atoms with Crippen molar-refractivity contribution in [1.29, 1.82) is 0 Å². The largest absolute Gasteiger partial charge is 0.456 e. The molecule has 2 aromatic heterocycles. The van der Waals surface area contributed by atoms with Gasteiger partial charge in [-0.3, -0.25) is 9.48 Å². The van der Waals surface area contributed by atoms with Gasteiger partial charge >= 0.3 is 5.97 Å². The quantitative estimate of drug-likeness (QED) is 0.204. The molecule has 1 atom stereocenters. The molecule has 8 nitrogen and oxygen atoms in total. The number of hydrogen-bond acceptors (Lipinski definition) is 7. The van der Waals surface area contributed by atoms with Crippen molar-refractivity contribution in [3.63, 3.8) is 0 Å². The number of aliphatic hydroxyl groups is 1. The highest BCUT2D eigenvalue weighted by Crippen LogP contribution is 2.32. The van der Waals surface area contributed by atoms with Crippen LogP contribution < -0.4 is 10.7 Å². The van der Waals surface area contributed by atoms with E-state index in [0.717, 1.165) is 27.6 Å². The molecule has 2 N–H and O–H groups in total. The average Bonchev–Trinajstić information content (AvgIpc) is 3.27. The second-order valence-corrected chi connectivity index (χ2v) is 12.5. The molecule has 0 aliphatic rings. The van der Waals surface area contributed by atoms with Gasteiger partial charge in [-0.1, -0.05) is 18.2 Å². The summed E-state index contributed by atoms with van der Waals surface area (Å²) in [5, 5.41) is 19.5. The third kappa shape index (κ3) is 6.39. The molecule has 2 heterocycles. The van der Waals surface area contributed by atoms with Crippen molar-refractivity contribution >= 4 is 33.5 Å². The summed E-state index contributed by atoms with van der Waals surface area (Å²) in [4.78, 5) is 26.3.